The Balaban J connectivity index is 1.59. The van der Waals surface area contributed by atoms with E-state index in [4.69, 9.17) is 24.5 Å². The minimum atomic E-state index is -1.85. The van der Waals surface area contributed by atoms with E-state index in [1.54, 1.807) is 13.1 Å². The maximum absolute atomic E-state index is 6.42. The van der Waals surface area contributed by atoms with E-state index < -0.39 is 8.32 Å². The molecule has 5 rings (SSSR count). The number of nitrogens with zero attached hydrogens (tertiary/aromatic N) is 6. The average molecular weight is 514 g/mol. The summed E-state index contributed by atoms with van der Waals surface area (Å²) in [4.78, 5) is 14.0. The molecule has 0 saturated heterocycles. The standard InChI is InChI=1S/C27H31N7O2Si/c1-17-32-33-26(36-17)22-14-13-21-25(31-22)34(24(30-21)20-8-7-15-29-23(20)28)19-11-9-18(10-12-19)16-35-37(5,6)27(2,3)4/h7-15H,16H2,1-6H3,(H2,28,29). The fraction of sp³-hybridized carbons (Fsp3) is 0.296. The molecule has 0 aliphatic carbocycles. The van der Waals surface area contributed by atoms with Crippen LogP contribution in [-0.2, 0) is 11.0 Å². The van der Waals surface area contributed by atoms with Gasteiger partial charge in [-0.25, -0.2) is 15.0 Å². The summed E-state index contributed by atoms with van der Waals surface area (Å²) in [6, 6.07) is 15.7. The van der Waals surface area contributed by atoms with Gasteiger partial charge in [-0.05, 0) is 60.1 Å². The van der Waals surface area contributed by atoms with Gasteiger partial charge < -0.3 is 14.6 Å². The molecule has 0 aliphatic heterocycles. The van der Waals surface area contributed by atoms with Crippen molar-refractivity contribution in [3.63, 3.8) is 0 Å². The van der Waals surface area contributed by atoms with Crippen LogP contribution < -0.4 is 5.73 Å². The largest absolute Gasteiger partial charge is 0.420 e. The van der Waals surface area contributed by atoms with Crippen molar-refractivity contribution in [1.82, 2.24) is 29.7 Å². The van der Waals surface area contributed by atoms with Crippen LogP contribution in [0.5, 0.6) is 0 Å². The lowest BCUT2D eigenvalue weighted by Gasteiger charge is -2.36. The fourth-order valence-corrected chi connectivity index (χ4v) is 4.69. The first kappa shape index (κ1) is 24.8. The quantitative estimate of drug-likeness (QED) is 0.277. The van der Waals surface area contributed by atoms with Crippen molar-refractivity contribution in [3.8, 4) is 28.7 Å². The van der Waals surface area contributed by atoms with Gasteiger partial charge in [-0.15, -0.1) is 10.2 Å². The van der Waals surface area contributed by atoms with E-state index in [2.05, 4.69) is 61.2 Å². The Morgan fingerprint density at radius 1 is 1.00 bits per heavy atom. The van der Waals surface area contributed by atoms with Crippen LogP contribution in [0.4, 0.5) is 5.82 Å². The van der Waals surface area contributed by atoms with Gasteiger partial charge in [0.05, 0.1) is 12.2 Å². The van der Waals surface area contributed by atoms with Crippen molar-refractivity contribution in [1.29, 1.82) is 0 Å². The second-order valence-electron chi connectivity index (χ2n) is 10.6. The molecule has 5 aromatic rings. The number of nitrogens with two attached hydrogens (primary N) is 1. The third kappa shape index (κ3) is 4.77. The first-order valence-electron chi connectivity index (χ1n) is 12.2. The molecule has 4 aromatic heterocycles. The molecule has 0 fully saturated rings. The van der Waals surface area contributed by atoms with E-state index in [0.717, 1.165) is 16.8 Å². The molecule has 2 N–H and O–H groups in total. The minimum Gasteiger partial charge on any atom is -0.420 e. The van der Waals surface area contributed by atoms with Gasteiger partial charge >= 0.3 is 0 Å². The summed E-state index contributed by atoms with van der Waals surface area (Å²) in [5.41, 5.74) is 10.9. The van der Waals surface area contributed by atoms with Crippen LogP contribution in [0.2, 0.25) is 18.1 Å². The number of hydrogen-bond acceptors (Lipinski definition) is 8. The molecule has 0 radical (unpaired) electrons. The summed E-state index contributed by atoms with van der Waals surface area (Å²) in [6.45, 7) is 13.6. The topological polar surface area (TPSA) is 118 Å². The molecule has 0 saturated carbocycles. The van der Waals surface area contributed by atoms with E-state index in [1.165, 1.54) is 0 Å². The van der Waals surface area contributed by atoms with Crippen LogP contribution in [0.25, 0.3) is 39.8 Å². The summed E-state index contributed by atoms with van der Waals surface area (Å²) >= 11 is 0. The molecule has 0 spiro atoms. The summed E-state index contributed by atoms with van der Waals surface area (Å²) in [7, 11) is -1.85. The second-order valence-corrected chi connectivity index (χ2v) is 15.4. The maximum atomic E-state index is 6.42. The number of anilines is 1. The van der Waals surface area contributed by atoms with Gasteiger partial charge in [0.1, 0.15) is 17.0 Å². The molecule has 0 bridgehead atoms. The smallest absolute Gasteiger partial charge is 0.266 e. The Labute approximate surface area is 216 Å². The lowest BCUT2D eigenvalue weighted by atomic mass is 10.2. The van der Waals surface area contributed by atoms with Crippen LogP contribution in [0.15, 0.2) is 59.1 Å². The number of aryl methyl sites for hydroxylation is 1. The molecule has 0 amide bonds. The summed E-state index contributed by atoms with van der Waals surface area (Å²) in [6.07, 6.45) is 1.66. The normalized spacial score (nSPS) is 12.4. The van der Waals surface area contributed by atoms with Gasteiger partial charge in [-0.2, -0.15) is 0 Å². The van der Waals surface area contributed by atoms with Gasteiger partial charge in [-0.3, -0.25) is 4.57 Å². The van der Waals surface area contributed by atoms with E-state index in [1.807, 2.05) is 41.0 Å². The highest BCUT2D eigenvalue weighted by molar-refractivity contribution is 6.74. The summed E-state index contributed by atoms with van der Waals surface area (Å²) < 4.78 is 14.0. The number of pyridine rings is 2. The monoisotopic (exact) mass is 513 g/mol. The highest BCUT2D eigenvalue weighted by Crippen LogP contribution is 2.37. The first-order valence-corrected chi connectivity index (χ1v) is 15.1. The van der Waals surface area contributed by atoms with Crippen molar-refractivity contribution >= 4 is 25.3 Å². The van der Waals surface area contributed by atoms with Crippen LogP contribution in [0.1, 0.15) is 32.2 Å². The van der Waals surface area contributed by atoms with Gasteiger partial charge in [-0.1, -0.05) is 32.9 Å². The van der Waals surface area contributed by atoms with Gasteiger partial charge in [0.25, 0.3) is 5.89 Å². The van der Waals surface area contributed by atoms with E-state index >= 15 is 0 Å². The number of imidazole rings is 1. The molecule has 190 valence electrons. The zero-order valence-corrected chi connectivity index (χ0v) is 23.0. The molecule has 9 nitrogen and oxygen atoms in total. The van der Waals surface area contributed by atoms with Crippen LogP contribution in [0.3, 0.4) is 0 Å². The molecule has 10 heteroatoms. The average Bonchev–Trinajstić information content (AvgIpc) is 3.46. The molecular formula is C27H31N7O2Si. The Morgan fingerprint density at radius 2 is 1.76 bits per heavy atom. The lowest BCUT2D eigenvalue weighted by Crippen LogP contribution is -2.40. The van der Waals surface area contributed by atoms with E-state index in [0.29, 0.717) is 46.9 Å². The Bertz CT molecular complexity index is 1570. The Hall–Kier alpha value is -3.89. The molecule has 0 unspecified atom stereocenters. The second kappa shape index (κ2) is 9.20. The zero-order valence-electron chi connectivity index (χ0n) is 22.0. The molecular weight excluding hydrogens is 482 g/mol. The molecule has 1 aromatic carbocycles. The van der Waals surface area contributed by atoms with Crippen LogP contribution in [-0.4, -0.2) is 38.0 Å². The lowest BCUT2D eigenvalue weighted by molar-refractivity contribution is 0.276. The van der Waals surface area contributed by atoms with Gasteiger partial charge in [0.15, 0.2) is 19.8 Å². The van der Waals surface area contributed by atoms with Crippen molar-refractivity contribution in [3.05, 3.63) is 66.2 Å². The van der Waals surface area contributed by atoms with Crippen LogP contribution in [0, 0.1) is 6.92 Å². The molecule has 0 atom stereocenters. The van der Waals surface area contributed by atoms with Crippen molar-refractivity contribution in [2.24, 2.45) is 0 Å². The van der Waals surface area contributed by atoms with Crippen LogP contribution >= 0.6 is 0 Å². The summed E-state index contributed by atoms with van der Waals surface area (Å²) in [5, 5.41) is 8.21. The van der Waals surface area contributed by atoms with E-state index in [9.17, 15) is 0 Å². The molecule has 4 heterocycles. The van der Waals surface area contributed by atoms with E-state index in [-0.39, 0.29) is 5.04 Å². The minimum absolute atomic E-state index is 0.154. The zero-order chi connectivity index (χ0) is 26.4. The highest BCUT2D eigenvalue weighted by Gasteiger charge is 2.37. The highest BCUT2D eigenvalue weighted by atomic mass is 28.4. The van der Waals surface area contributed by atoms with Crippen molar-refractivity contribution in [2.45, 2.75) is 52.4 Å². The first-order chi connectivity index (χ1) is 17.5. The fourth-order valence-electron chi connectivity index (χ4n) is 3.73. The number of hydrogen-bond donors (Lipinski definition) is 1. The predicted molar refractivity (Wildman–Crippen MR) is 147 cm³/mol. The van der Waals surface area contributed by atoms with Crippen molar-refractivity contribution < 1.29 is 8.84 Å². The number of aromatic nitrogens is 6. The van der Waals surface area contributed by atoms with Crippen molar-refractivity contribution in [2.75, 3.05) is 5.73 Å². The summed E-state index contributed by atoms with van der Waals surface area (Å²) in [5.74, 6) is 1.88. The SMILES string of the molecule is Cc1nnc(-c2ccc3nc(-c4cccnc4N)n(-c4ccc(CO[Si](C)(C)C(C)(C)C)cc4)c3n2)o1. The number of nitrogen functional groups attached to an aromatic ring is 1. The molecule has 0 aliphatic rings. The van der Waals surface area contributed by atoms with Gasteiger partial charge in [0.2, 0.25) is 5.89 Å². The Morgan fingerprint density at radius 3 is 2.41 bits per heavy atom. The third-order valence-electron chi connectivity index (χ3n) is 6.93. The Kier molecular flexibility index (Phi) is 6.16. The number of fused-ring (bicyclic) bond motifs is 1. The molecule has 37 heavy (non-hydrogen) atoms. The number of benzene rings is 1. The van der Waals surface area contributed by atoms with Gasteiger partial charge in [0, 0.05) is 18.8 Å². The number of rotatable bonds is 6. The third-order valence-corrected chi connectivity index (χ3v) is 11.4. The predicted octanol–water partition coefficient (Wildman–Crippen LogP) is 5.94. The maximum Gasteiger partial charge on any atom is 0.266 e.